The Kier molecular flexibility index (Phi) is 4.55. The third-order valence-electron chi connectivity index (χ3n) is 5.45. The highest BCUT2D eigenvalue weighted by Gasteiger charge is 2.42. The standard InChI is InChI=1S/C17H25N3O3/c1-18-15-6-5-13(10-16(15)20(22)23)11-19-9-8-17(21)7-3-2-4-14(17)12-19/h5-6,10,14,18,21H,2-4,7-9,11-12H2,1H3. The Morgan fingerprint density at radius 1 is 1.43 bits per heavy atom. The molecule has 2 N–H and O–H groups in total. The predicted octanol–water partition coefficient (Wildman–Crippen LogP) is 2.76. The number of aliphatic hydroxyl groups is 1. The highest BCUT2D eigenvalue weighted by Crippen LogP contribution is 2.40. The molecule has 3 rings (SSSR count). The molecule has 1 aliphatic heterocycles. The molecule has 126 valence electrons. The second-order valence-electron chi connectivity index (χ2n) is 6.89. The number of nitro benzene ring substituents is 1. The quantitative estimate of drug-likeness (QED) is 0.659. The maximum Gasteiger partial charge on any atom is 0.292 e. The molecule has 0 amide bonds. The van der Waals surface area contributed by atoms with Gasteiger partial charge < -0.3 is 10.4 Å². The molecule has 1 aromatic carbocycles. The van der Waals surface area contributed by atoms with Crippen LogP contribution in [-0.2, 0) is 6.54 Å². The van der Waals surface area contributed by atoms with Gasteiger partial charge in [0.2, 0.25) is 0 Å². The summed E-state index contributed by atoms with van der Waals surface area (Å²) >= 11 is 0. The van der Waals surface area contributed by atoms with E-state index in [-0.39, 0.29) is 10.6 Å². The fourth-order valence-electron chi connectivity index (χ4n) is 4.08. The van der Waals surface area contributed by atoms with Gasteiger partial charge >= 0.3 is 0 Å². The van der Waals surface area contributed by atoms with E-state index < -0.39 is 5.60 Å². The Morgan fingerprint density at radius 3 is 3.00 bits per heavy atom. The first-order valence-corrected chi connectivity index (χ1v) is 8.41. The molecule has 2 fully saturated rings. The molecule has 0 aromatic heterocycles. The molecule has 1 saturated heterocycles. The maximum absolute atomic E-state index is 11.2. The molecule has 0 radical (unpaired) electrons. The van der Waals surface area contributed by atoms with Crippen molar-refractivity contribution in [2.45, 2.75) is 44.2 Å². The Morgan fingerprint density at radius 2 is 2.26 bits per heavy atom. The number of likely N-dealkylation sites (tertiary alicyclic amines) is 1. The van der Waals surface area contributed by atoms with Gasteiger partial charge in [-0.3, -0.25) is 15.0 Å². The van der Waals surface area contributed by atoms with Gasteiger partial charge in [0.25, 0.3) is 5.69 Å². The minimum Gasteiger partial charge on any atom is -0.390 e. The molecule has 2 aliphatic rings. The minimum absolute atomic E-state index is 0.121. The van der Waals surface area contributed by atoms with Gasteiger partial charge in [-0.15, -0.1) is 0 Å². The lowest BCUT2D eigenvalue weighted by Crippen LogP contribution is -2.52. The molecule has 6 heteroatoms. The lowest BCUT2D eigenvalue weighted by atomic mass is 9.71. The van der Waals surface area contributed by atoms with E-state index >= 15 is 0 Å². The van der Waals surface area contributed by atoms with E-state index in [2.05, 4.69) is 10.2 Å². The van der Waals surface area contributed by atoms with Gasteiger partial charge in [0, 0.05) is 38.7 Å². The summed E-state index contributed by atoms with van der Waals surface area (Å²) in [7, 11) is 1.69. The average Bonchev–Trinajstić information content (AvgIpc) is 2.55. The fourth-order valence-corrected chi connectivity index (χ4v) is 4.08. The number of piperidine rings is 1. The number of nitro groups is 1. The topological polar surface area (TPSA) is 78.6 Å². The molecule has 2 unspecified atom stereocenters. The number of fused-ring (bicyclic) bond motifs is 1. The van der Waals surface area contributed by atoms with Crippen molar-refractivity contribution in [2.75, 3.05) is 25.5 Å². The Hall–Kier alpha value is -1.66. The molecular formula is C17H25N3O3. The van der Waals surface area contributed by atoms with Crippen LogP contribution in [0.5, 0.6) is 0 Å². The first kappa shape index (κ1) is 16.2. The second kappa shape index (κ2) is 6.45. The van der Waals surface area contributed by atoms with Gasteiger partial charge in [0.15, 0.2) is 0 Å². The van der Waals surface area contributed by atoms with Crippen molar-refractivity contribution in [2.24, 2.45) is 5.92 Å². The van der Waals surface area contributed by atoms with Crippen molar-refractivity contribution in [3.8, 4) is 0 Å². The summed E-state index contributed by atoms with van der Waals surface area (Å²) in [5.74, 6) is 0.344. The third-order valence-corrected chi connectivity index (χ3v) is 5.45. The van der Waals surface area contributed by atoms with Gasteiger partial charge in [0.1, 0.15) is 5.69 Å². The van der Waals surface area contributed by atoms with E-state index in [1.54, 1.807) is 19.2 Å². The SMILES string of the molecule is CNc1ccc(CN2CCC3(O)CCCCC3C2)cc1[N+](=O)[O-]. The predicted molar refractivity (Wildman–Crippen MR) is 89.4 cm³/mol. The monoisotopic (exact) mass is 319 g/mol. The minimum atomic E-state index is -0.475. The first-order chi connectivity index (χ1) is 11.0. The van der Waals surface area contributed by atoms with E-state index in [4.69, 9.17) is 0 Å². The van der Waals surface area contributed by atoms with Crippen molar-refractivity contribution < 1.29 is 10.0 Å². The highest BCUT2D eigenvalue weighted by molar-refractivity contribution is 5.62. The molecule has 0 bridgehead atoms. The lowest BCUT2D eigenvalue weighted by molar-refractivity contribution is -0.384. The summed E-state index contributed by atoms with van der Waals surface area (Å²) in [4.78, 5) is 13.2. The molecule has 1 aliphatic carbocycles. The molecule has 1 saturated carbocycles. The summed E-state index contributed by atoms with van der Waals surface area (Å²) in [6.07, 6.45) is 5.15. The van der Waals surface area contributed by atoms with E-state index in [9.17, 15) is 15.2 Å². The summed E-state index contributed by atoms with van der Waals surface area (Å²) < 4.78 is 0. The fraction of sp³-hybridized carbons (Fsp3) is 0.647. The molecule has 0 spiro atoms. The van der Waals surface area contributed by atoms with Crippen LogP contribution < -0.4 is 5.32 Å². The summed E-state index contributed by atoms with van der Waals surface area (Å²) in [5.41, 5.74) is 1.14. The Balaban J connectivity index is 1.70. The Labute approximate surface area is 136 Å². The number of hydrogen-bond donors (Lipinski definition) is 2. The number of hydrogen-bond acceptors (Lipinski definition) is 5. The maximum atomic E-state index is 11.2. The van der Waals surface area contributed by atoms with Crippen molar-refractivity contribution >= 4 is 11.4 Å². The number of benzene rings is 1. The van der Waals surface area contributed by atoms with Gasteiger partial charge in [-0.05, 0) is 30.9 Å². The van der Waals surface area contributed by atoms with E-state index in [1.807, 2.05) is 6.07 Å². The number of nitrogens with one attached hydrogen (secondary N) is 1. The Bertz CT molecular complexity index is 592. The van der Waals surface area contributed by atoms with E-state index in [1.165, 1.54) is 6.42 Å². The van der Waals surface area contributed by atoms with Gasteiger partial charge in [-0.2, -0.15) is 0 Å². The number of rotatable bonds is 4. The van der Waals surface area contributed by atoms with Crippen molar-refractivity contribution in [3.63, 3.8) is 0 Å². The number of nitrogens with zero attached hydrogens (tertiary/aromatic N) is 2. The average molecular weight is 319 g/mol. The van der Waals surface area contributed by atoms with Crippen LogP contribution in [0.2, 0.25) is 0 Å². The van der Waals surface area contributed by atoms with Crippen LogP contribution in [0.4, 0.5) is 11.4 Å². The van der Waals surface area contributed by atoms with Crippen LogP contribution in [0.1, 0.15) is 37.7 Å². The zero-order chi connectivity index (χ0) is 16.4. The molecule has 1 heterocycles. The zero-order valence-electron chi connectivity index (χ0n) is 13.6. The molecule has 6 nitrogen and oxygen atoms in total. The second-order valence-corrected chi connectivity index (χ2v) is 6.89. The smallest absolute Gasteiger partial charge is 0.292 e. The van der Waals surface area contributed by atoms with E-state index in [0.29, 0.717) is 18.2 Å². The van der Waals surface area contributed by atoms with Gasteiger partial charge in [0.05, 0.1) is 10.5 Å². The first-order valence-electron chi connectivity index (χ1n) is 8.41. The summed E-state index contributed by atoms with van der Waals surface area (Å²) in [5, 5.41) is 24.8. The van der Waals surface area contributed by atoms with Crippen molar-refractivity contribution in [1.82, 2.24) is 4.90 Å². The summed E-state index contributed by atoms with van der Waals surface area (Å²) in [6, 6.07) is 5.38. The summed E-state index contributed by atoms with van der Waals surface area (Å²) in [6.45, 7) is 2.45. The van der Waals surface area contributed by atoms with Gasteiger partial charge in [-0.25, -0.2) is 0 Å². The highest BCUT2D eigenvalue weighted by atomic mass is 16.6. The van der Waals surface area contributed by atoms with Gasteiger partial charge in [-0.1, -0.05) is 18.9 Å². The largest absolute Gasteiger partial charge is 0.390 e. The van der Waals surface area contributed by atoms with Crippen molar-refractivity contribution in [1.29, 1.82) is 0 Å². The number of anilines is 1. The van der Waals surface area contributed by atoms with Crippen LogP contribution in [-0.4, -0.2) is 40.7 Å². The van der Waals surface area contributed by atoms with Crippen LogP contribution in [0.15, 0.2) is 18.2 Å². The molecule has 23 heavy (non-hydrogen) atoms. The normalized spacial score (nSPS) is 28.2. The molecular weight excluding hydrogens is 294 g/mol. The van der Waals surface area contributed by atoms with Crippen LogP contribution in [0.25, 0.3) is 0 Å². The lowest BCUT2D eigenvalue weighted by Gasteiger charge is -2.47. The van der Waals surface area contributed by atoms with Crippen LogP contribution in [0, 0.1) is 16.0 Å². The zero-order valence-corrected chi connectivity index (χ0v) is 13.6. The molecule has 2 atom stereocenters. The molecule has 1 aromatic rings. The van der Waals surface area contributed by atoms with E-state index in [0.717, 1.165) is 44.3 Å². The van der Waals surface area contributed by atoms with Crippen LogP contribution >= 0.6 is 0 Å². The third kappa shape index (κ3) is 3.33. The van der Waals surface area contributed by atoms with Crippen LogP contribution in [0.3, 0.4) is 0 Å². The van der Waals surface area contributed by atoms with Crippen molar-refractivity contribution in [3.05, 3.63) is 33.9 Å².